The third-order valence-electron chi connectivity index (χ3n) is 5.95. The number of benzene rings is 2. The van der Waals surface area contributed by atoms with E-state index in [1.165, 1.54) is 5.56 Å². The molecule has 4 rings (SSSR count). The summed E-state index contributed by atoms with van der Waals surface area (Å²) in [5.74, 6) is 0.555. The number of rotatable bonds is 5. The Morgan fingerprint density at radius 2 is 1.83 bits per heavy atom. The fraction of sp³-hybridized carbons (Fsp3) is 0.348. The molecule has 0 saturated carbocycles. The first-order chi connectivity index (χ1) is 13.7. The standard InChI is InChI=1S/C23H23IO5/c1-23(2)17-9-14(29-11-20(27)19(26)10-25)4-6-16(17)22(28)21-15-5-3-13(24)7-12(15)8-18(21)23/h3-7,9,19-20,25-27H,8,10-11H2,1-2H3/t19-,20-/m1/s1. The topological polar surface area (TPSA) is 87.0 Å². The van der Waals surface area contributed by atoms with Crippen molar-refractivity contribution in [3.63, 3.8) is 0 Å². The molecule has 0 heterocycles. The number of hydrogen-bond donors (Lipinski definition) is 3. The van der Waals surface area contributed by atoms with Crippen molar-refractivity contribution < 1.29 is 24.9 Å². The van der Waals surface area contributed by atoms with Crippen molar-refractivity contribution in [2.45, 2.75) is 37.9 Å². The molecule has 2 aliphatic rings. The van der Waals surface area contributed by atoms with Crippen LogP contribution in [0.1, 0.15) is 40.9 Å². The van der Waals surface area contributed by atoms with Gasteiger partial charge in [-0.2, -0.15) is 0 Å². The van der Waals surface area contributed by atoms with Crippen LogP contribution in [-0.2, 0) is 11.8 Å². The molecule has 0 saturated heterocycles. The first-order valence-corrected chi connectivity index (χ1v) is 10.6. The van der Waals surface area contributed by atoms with Gasteiger partial charge in [0.1, 0.15) is 24.6 Å². The van der Waals surface area contributed by atoms with E-state index in [9.17, 15) is 15.0 Å². The molecule has 2 aromatic rings. The molecule has 0 fully saturated rings. The summed E-state index contributed by atoms with van der Waals surface area (Å²) < 4.78 is 6.78. The lowest BCUT2D eigenvalue weighted by atomic mass is 9.68. The average molecular weight is 506 g/mol. The third-order valence-corrected chi connectivity index (χ3v) is 6.62. The number of ketones is 1. The molecule has 5 nitrogen and oxygen atoms in total. The van der Waals surface area contributed by atoms with E-state index < -0.39 is 18.8 Å². The molecule has 0 unspecified atom stereocenters. The van der Waals surface area contributed by atoms with Crippen molar-refractivity contribution in [3.8, 4) is 5.75 Å². The number of ether oxygens (including phenoxy) is 1. The zero-order chi connectivity index (χ0) is 20.9. The first kappa shape index (κ1) is 20.5. The van der Waals surface area contributed by atoms with E-state index in [1.54, 1.807) is 12.1 Å². The summed E-state index contributed by atoms with van der Waals surface area (Å²) in [6, 6.07) is 11.6. The number of allylic oxidation sites excluding steroid dienone is 2. The Morgan fingerprint density at radius 3 is 2.55 bits per heavy atom. The van der Waals surface area contributed by atoms with Gasteiger partial charge in [0.2, 0.25) is 0 Å². The van der Waals surface area contributed by atoms with Gasteiger partial charge in [0.05, 0.1) is 6.61 Å². The van der Waals surface area contributed by atoms with Gasteiger partial charge in [0, 0.05) is 20.1 Å². The van der Waals surface area contributed by atoms with Gasteiger partial charge in [0.15, 0.2) is 5.78 Å². The van der Waals surface area contributed by atoms with Crippen molar-refractivity contribution in [3.05, 3.63) is 67.8 Å². The van der Waals surface area contributed by atoms with Crippen LogP contribution in [0.25, 0.3) is 5.57 Å². The van der Waals surface area contributed by atoms with Gasteiger partial charge in [-0.15, -0.1) is 0 Å². The molecule has 0 spiro atoms. The molecule has 29 heavy (non-hydrogen) atoms. The molecule has 2 aromatic carbocycles. The zero-order valence-electron chi connectivity index (χ0n) is 16.3. The van der Waals surface area contributed by atoms with E-state index in [4.69, 9.17) is 9.84 Å². The normalized spacial score (nSPS) is 18.8. The second kappa shape index (κ2) is 7.50. The van der Waals surface area contributed by atoms with Crippen LogP contribution in [0.2, 0.25) is 0 Å². The van der Waals surface area contributed by atoms with E-state index in [0.29, 0.717) is 11.3 Å². The van der Waals surface area contributed by atoms with Crippen LogP contribution in [0, 0.1) is 3.57 Å². The Balaban J connectivity index is 1.68. The monoisotopic (exact) mass is 506 g/mol. The van der Waals surface area contributed by atoms with E-state index in [-0.39, 0.29) is 17.8 Å². The number of halogens is 1. The highest BCUT2D eigenvalue weighted by Crippen LogP contribution is 2.50. The lowest BCUT2D eigenvalue weighted by Gasteiger charge is -2.34. The fourth-order valence-corrected chi connectivity index (χ4v) is 4.78. The maximum Gasteiger partial charge on any atom is 0.193 e. The highest BCUT2D eigenvalue weighted by Gasteiger charge is 2.42. The van der Waals surface area contributed by atoms with Crippen molar-refractivity contribution in [2.75, 3.05) is 13.2 Å². The molecule has 2 aliphatic carbocycles. The van der Waals surface area contributed by atoms with Crippen LogP contribution >= 0.6 is 22.6 Å². The Kier molecular flexibility index (Phi) is 5.31. The number of hydrogen-bond acceptors (Lipinski definition) is 5. The van der Waals surface area contributed by atoms with Crippen molar-refractivity contribution in [1.29, 1.82) is 0 Å². The molecule has 0 aliphatic heterocycles. The molecular formula is C23H23IO5. The summed E-state index contributed by atoms with van der Waals surface area (Å²) in [5.41, 5.74) is 5.40. The van der Waals surface area contributed by atoms with Gasteiger partial charge < -0.3 is 20.1 Å². The predicted octanol–water partition coefficient (Wildman–Crippen LogP) is 2.87. The SMILES string of the molecule is CC1(C)C2=C(C(=O)c3ccc(OC[C@@H](O)[C@H](O)CO)cc31)c1ccc(I)cc1C2. The van der Waals surface area contributed by atoms with E-state index >= 15 is 0 Å². The second-order valence-electron chi connectivity index (χ2n) is 8.12. The van der Waals surface area contributed by atoms with Crippen LogP contribution in [0.4, 0.5) is 0 Å². The Labute approximate surface area is 183 Å². The Bertz CT molecular complexity index is 1020. The van der Waals surface area contributed by atoms with Gasteiger partial charge >= 0.3 is 0 Å². The van der Waals surface area contributed by atoms with E-state index in [2.05, 4.69) is 42.5 Å². The van der Waals surface area contributed by atoms with E-state index in [1.807, 2.05) is 18.2 Å². The molecule has 152 valence electrons. The summed E-state index contributed by atoms with van der Waals surface area (Å²) >= 11 is 2.29. The van der Waals surface area contributed by atoms with Crippen molar-refractivity contribution in [1.82, 2.24) is 0 Å². The van der Waals surface area contributed by atoms with Gasteiger partial charge in [0.25, 0.3) is 0 Å². The number of carbonyl (C=O) groups excluding carboxylic acids is 1. The number of aliphatic hydroxyl groups excluding tert-OH is 3. The predicted molar refractivity (Wildman–Crippen MR) is 118 cm³/mol. The first-order valence-electron chi connectivity index (χ1n) is 9.55. The summed E-state index contributed by atoms with van der Waals surface area (Å²) in [6.45, 7) is 3.57. The minimum Gasteiger partial charge on any atom is -0.491 e. The summed E-state index contributed by atoms with van der Waals surface area (Å²) in [7, 11) is 0. The third kappa shape index (κ3) is 3.42. The Hall–Kier alpha value is -1.74. The van der Waals surface area contributed by atoms with Gasteiger partial charge in [-0.3, -0.25) is 4.79 Å². The van der Waals surface area contributed by atoms with Crippen molar-refractivity contribution in [2.24, 2.45) is 0 Å². The van der Waals surface area contributed by atoms with Crippen LogP contribution in [0.15, 0.2) is 42.0 Å². The fourth-order valence-electron chi connectivity index (χ4n) is 4.23. The summed E-state index contributed by atoms with van der Waals surface area (Å²) in [5, 5.41) is 28.2. The van der Waals surface area contributed by atoms with Crippen LogP contribution in [-0.4, -0.2) is 46.5 Å². The molecule has 0 radical (unpaired) electrons. The number of carbonyl (C=O) groups is 1. The molecule has 6 heteroatoms. The number of Topliss-reactive ketones (excluding diaryl/α,β-unsaturated/α-hetero) is 1. The smallest absolute Gasteiger partial charge is 0.193 e. The molecule has 0 amide bonds. The number of aliphatic hydroxyl groups is 3. The maximum absolute atomic E-state index is 13.3. The molecular weight excluding hydrogens is 483 g/mol. The highest BCUT2D eigenvalue weighted by molar-refractivity contribution is 14.1. The number of fused-ring (bicyclic) bond motifs is 3. The highest BCUT2D eigenvalue weighted by atomic mass is 127. The average Bonchev–Trinajstić information content (AvgIpc) is 3.09. The molecule has 2 atom stereocenters. The van der Waals surface area contributed by atoms with Crippen LogP contribution in [0.3, 0.4) is 0 Å². The second-order valence-corrected chi connectivity index (χ2v) is 9.37. The van der Waals surface area contributed by atoms with Gasteiger partial charge in [-0.1, -0.05) is 19.9 Å². The zero-order valence-corrected chi connectivity index (χ0v) is 18.4. The quantitative estimate of drug-likeness (QED) is 0.544. The molecule has 0 aromatic heterocycles. The van der Waals surface area contributed by atoms with Crippen LogP contribution in [0.5, 0.6) is 5.75 Å². The molecule has 3 N–H and O–H groups in total. The largest absolute Gasteiger partial charge is 0.491 e. The van der Waals surface area contributed by atoms with Gasteiger partial charge in [-0.05, 0) is 81.6 Å². The lowest BCUT2D eigenvalue weighted by molar-refractivity contribution is -0.0339. The lowest BCUT2D eigenvalue weighted by Crippen LogP contribution is -2.34. The maximum atomic E-state index is 13.3. The summed E-state index contributed by atoms with van der Waals surface area (Å²) in [6.07, 6.45) is -1.68. The minimum atomic E-state index is -1.25. The van der Waals surface area contributed by atoms with Gasteiger partial charge in [-0.25, -0.2) is 0 Å². The molecule has 0 bridgehead atoms. The Morgan fingerprint density at radius 1 is 1.10 bits per heavy atom. The minimum absolute atomic E-state index is 0.0385. The van der Waals surface area contributed by atoms with Crippen molar-refractivity contribution >= 4 is 33.9 Å². The summed E-state index contributed by atoms with van der Waals surface area (Å²) in [4.78, 5) is 13.3. The van der Waals surface area contributed by atoms with E-state index in [0.717, 1.165) is 32.3 Å². The van der Waals surface area contributed by atoms with Crippen LogP contribution < -0.4 is 4.74 Å².